The van der Waals surface area contributed by atoms with Gasteiger partial charge in [-0.1, -0.05) is 26.2 Å². The van der Waals surface area contributed by atoms with Crippen LogP contribution in [0.15, 0.2) is 16.5 Å². The van der Waals surface area contributed by atoms with Gasteiger partial charge in [0.1, 0.15) is 5.52 Å². The van der Waals surface area contributed by atoms with Gasteiger partial charge in [0.25, 0.3) is 0 Å². The van der Waals surface area contributed by atoms with Crippen molar-refractivity contribution in [1.82, 2.24) is 9.97 Å². The van der Waals surface area contributed by atoms with Crippen LogP contribution in [0.25, 0.3) is 11.2 Å². The number of aryl methyl sites for hydroxylation is 1. The molecule has 1 saturated carbocycles. The first-order valence-corrected chi connectivity index (χ1v) is 8.00. The van der Waals surface area contributed by atoms with Gasteiger partial charge in [0.05, 0.1) is 0 Å². The van der Waals surface area contributed by atoms with Crippen molar-refractivity contribution >= 4 is 11.2 Å². The van der Waals surface area contributed by atoms with Crippen LogP contribution in [0.1, 0.15) is 69.4 Å². The Morgan fingerprint density at radius 3 is 2.70 bits per heavy atom. The van der Waals surface area contributed by atoms with Crippen LogP contribution in [0.5, 0.6) is 0 Å². The van der Waals surface area contributed by atoms with Crippen LogP contribution in [0.4, 0.5) is 0 Å². The summed E-state index contributed by atoms with van der Waals surface area (Å²) in [6, 6.07) is 4.01. The maximum atomic E-state index is 5.88. The van der Waals surface area contributed by atoms with Crippen molar-refractivity contribution in [3.05, 3.63) is 23.7 Å². The number of hydrogen-bond donors (Lipinski definition) is 0. The summed E-state index contributed by atoms with van der Waals surface area (Å²) in [4.78, 5) is 9.05. The van der Waals surface area contributed by atoms with Crippen molar-refractivity contribution in [2.75, 3.05) is 0 Å². The molecular formula is C17H24N2O. The van der Waals surface area contributed by atoms with Crippen molar-refractivity contribution in [3.63, 3.8) is 0 Å². The molecular weight excluding hydrogens is 248 g/mol. The highest BCUT2D eigenvalue weighted by molar-refractivity contribution is 5.68. The summed E-state index contributed by atoms with van der Waals surface area (Å²) in [5.41, 5.74) is 2.59. The number of oxazole rings is 1. The van der Waals surface area contributed by atoms with Crippen LogP contribution in [-0.4, -0.2) is 9.97 Å². The molecule has 2 aromatic rings. The van der Waals surface area contributed by atoms with Crippen LogP contribution in [0.3, 0.4) is 0 Å². The fraction of sp³-hybridized carbons (Fsp3) is 0.647. The van der Waals surface area contributed by atoms with E-state index in [0.29, 0.717) is 11.6 Å². The molecule has 0 aliphatic heterocycles. The van der Waals surface area contributed by atoms with E-state index in [-0.39, 0.29) is 0 Å². The van der Waals surface area contributed by atoms with Crippen LogP contribution in [-0.2, 0) is 0 Å². The Kier molecular flexibility index (Phi) is 4.04. The van der Waals surface area contributed by atoms with Gasteiger partial charge in [-0.05, 0) is 50.7 Å². The fourth-order valence-corrected chi connectivity index (χ4v) is 3.29. The number of nitrogens with zero attached hydrogens (tertiary/aromatic N) is 2. The second kappa shape index (κ2) is 5.94. The lowest BCUT2D eigenvalue weighted by molar-refractivity contribution is 0.280. The molecule has 108 valence electrons. The van der Waals surface area contributed by atoms with Gasteiger partial charge in [0, 0.05) is 11.6 Å². The molecule has 1 aliphatic carbocycles. The molecule has 0 saturated heterocycles. The Hall–Kier alpha value is -1.38. The average Bonchev–Trinajstić information content (AvgIpc) is 2.88. The molecule has 0 amide bonds. The van der Waals surface area contributed by atoms with Crippen molar-refractivity contribution in [1.29, 1.82) is 0 Å². The number of unbranched alkanes of at least 4 members (excludes halogenated alkanes) is 1. The summed E-state index contributed by atoms with van der Waals surface area (Å²) in [6.07, 6.45) is 9.20. The predicted octanol–water partition coefficient (Wildman–Crippen LogP) is 5.00. The maximum Gasteiger partial charge on any atom is 0.247 e. The summed E-state index contributed by atoms with van der Waals surface area (Å²) < 4.78 is 5.88. The van der Waals surface area contributed by atoms with Crippen LogP contribution in [0.2, 0.25) is 0 Å². The normalized spacial score (nSPS) is 23.3. The number of fused-ring (bicyclic) bond motifs is 1. The highest BCUT2D eigenvalue weighted by Crippen LogP contribution is 2.38. The first-order chi connectivity index (χ1) is 9.76. The lowest BCUT2D eigenvalue weighted by Crippen LogP contribution is -2.13. The third-order valence-electron chi connectivity index (χ3n) is 4.57. The van der Waals surface area contributed by atoms with Crippen molar-refractivity contribution < 1.29 is 4.42 Å². The molecule has 0 radical (unpaired) electrons. The Labute approximate surface area is 120 Å². The summed E-state index contributed by atoms with van der Waals surface area (Å²) in [7, 11) is 0. The van der Waals surface area contributed by atoms with E-state index in [9.17, 15) is 0 Å². The number of pyridine rings is 1. The van der Waals surface area contributed by atoms with Gasteiger partial charge < -0.3 is 4.42 Å². The number of hydrogen-bond acceptors (Lipinski definition) is 3. The smallest absolute Gasteiger partial charge is 0.247 e. The van der Waals surface area contributed by atoms with E-state index >= 15 is 0 Å². The molecule has 0 N–H and O–H groups in total. The summed E-state index contributed by atoms with van der Waals surface area (Å²) >= 11 is 0. The number of aromatic nitrogens is 2. The van der Waals surface area contributed by atoms with Gasteiger partial charge in [-0.15, -0.1) is 0 Å². The lowest BCUT2D eigenvalue weighted by atomic mass is 9.80. The van der Waals surface area contributed by atoms with Gasteiger partial charge in [-0.25, -0.2) is 9.97 Å². The summed E-state index contributed by atoms with van der Waals surface area (Å²) in [5.74, 6) is 2.34. The Morgan fingerprint density at radius 1 is 1.15 bits per heavy atom. The molecule has 3 heteroatoms. The SMILES string of the molecule is CCCCC1CCC(c2nc3ccc(C)nc3o2)CC1. The molecule has 0 unspecified atom stereocenters. The van der Waals surface area contributed by atoms with Crippen molar-refractivity contribution in [3.8, 4) is 0 Å². The lowest BCUT2D eigenvalue weighted by Gasteiger charge is -2.26. The van der Waals surface area contributed by atoms with Crippen LogP contribution in [0, 0.1) is 12.8 Å². The summed E-state index contributed by atoms with van der Waals surface area (Å²) in [6.45, 7) is 4.26. The van der Waals surface area contributed by atoms with E-state index in [2.05, 4.69) is 16.9 Å². The number of rotatable bonds is 4. The largest absolute Gasteiger partial charge is 0.422 e. The van der Waals surface area contributed by atoms with Gasteiger partial charge in [-0.2, -0.15) is 0 Å². The molecule has 3 rings (SSSR count). The van der Waals surface area contributed by atoms with Crippen molar-refractivity contribution in [2.45, 2.75) is 64.7 Å². The van der Waals surface area contributed by atoms with E-state index in [0.717, 1.165) is 23.0 Å². The zero-order chi connectivity index (χ0) is 13.9. The van der Waals surface area contributed by atoms with Gasteiger partial charge in [0.2, 0.25) is 11.6 Å². The first-order valence-electron chi connectivity index (χ1n) is 8.00. The minimum absolute atomic E-state index is 0.502. The molecule has 2 aromatic heterocycles. The zero-order valence-corrected chi connectivity index (χ0v) is 12.6. The molecule has 0 atom stereocenters. The zero-order valence-electron chi connectivity index (χ0n) is 12.6. The highest BCUT2D eigenvalue weighted by Gasteiger charge is 2.25. The highest BCUT2D eigenvalue weighted by atomic mass is 16.4. The standard InChI is InChI=1S/C17H24N2O/c1-3-4-5-13-7-9-14(10-8-13)16-19-15-11-6-12(2)18-17(15)20-16/h6,11,13-14H,3-5,7-10H2,1-2H3. The quantitative estimate of drug-likeness (QED) is 0.786. The molecule has 0 bridgehead atoms. The second-order valence-corrected chi connectivity index (χ2v) is 6.19. The minimum atomic E-state index is 0.502. The Balaban J connectivity index is 1.67. The molecule has 1 aliphatic rings. The maximum absolute atomic E-state index is 5.88. The van der Waals surface area contributed by atoms with E-state index in [4.69, 9.17) is 4.42 Å². The molecule has 3 nitrogen and oxygen atoms in total. The monoisotopic (exact) mass is 272 g/mol. The van der Waals surface area contributed by atoms with E-state index in [1.807, 2.05) is 19.1 Å². The van der Waals surface area contributed by atoms with E-state index in [1.165, 1.54) is 44.9 Å². The second-order valence-electron chi connectivity index (χ2n) is 6.19. The topological polar surface area (TPSA) is 38.9 Å². The molecule has 20 heavy (non-hydrogen) atoms. The van der Waals surface area contributed by atoms with E-state index in [1.54, 1.807) is 0 Å². The van der Waals surface area contributed by atoms with Crippen LogP contribution >= 0.6 is 0 Å². The average molecular weight is 272 g/mol. The van der Waals surface area contributed by atoms with Crippen molar-refractivity contribution in [2.24, 2.45) is 5.92 Å². The van der Waals surface area contributed by atoms with Gasteiger partial charge >= 0.3 is 0 Å². The van der Waals surface area contributed by atoms with E-state index < -0.39 is 0 Å². The third-order valence-corrected chi connectivity index (χ3v) is 4.57. The minimum Gasteiger partial charge on any atom is -0.422 e. The predicted molar refractivity (Wildman–Crippen MR) is 80.8 cm³/mol. The fourth-order valence-electron chi connectivity index (χ4n) is 3.29. The summed E-state index contributed by atoms with van der Waals surface area (Å²) in [5, 5.41) is 0. The molecule has 2 heterocycles. The molecule has 1 fully saturated rings. The van der Waals surface area contributed by atoms with Gasteiger partial charge in [-0.3, -0.25) is 0 Å². The molecule has 0 spiro atoms. The third kappa shape index (κ3) is 2.87. The molecule has 0 aromatic carbocycles. The first kappa shape index (κ1) is 13.6. The Bertz CT molecular complexity index is 567. The van der Waals surface area contributed by atoms with Gasteiger partial charge in [0.15, 0.2) is 0 Å². The van der Waals surface area contributed by atoms with Crippen LogP contribution < -0.4 is 0 Å². The Morgan fingerprint density at radius 2 is 1.95 bits per heavy atom.